The van der Waals surface area contributed by atoms with Crippen LogP contribution in [0.4, 0.5) is 0 Å². The van der Waals surface area contributed by atoms with Gasteiger partial charge in [-0.2, -0.15) is 5.26 Å². The molecule has 5 heteroatoms. The highest BCUT2D eigenvalue weighted by molar-refractivity contribution is 5.75. The zero-order valence-corrected chi connectivity index (χ0v) is 17.4. The lowest BCUT2D eigenvalue weighted by Gasteiger charge is -2.11. The van der Waals surface area contributed by atoms with Gasteiger partial charge in [0, 0.05) is 24.0 Å². The van der Waals surface area contributed by atoms with Crippen molar-refractivity contribution in [2.75, 3.05) is 0 Å². The summed E-state index contributed by atoms with van der Waals surface area (Å²) in [5.74, 6) is 1.08. The van der Waals surface area contributed by atoms with E-state index in [0.29, 0.717) is 5.69 Å². The molecule has 0 aliphatic rings. The van der Waals surface area contributed by atoms with Crippen molar-refractivity contribution in [3.8, 4) is 11.8 Å². The Morgan fingerprint density at radius 1 is 1.03 bits per heavy atom. The van der Waals surface area contributed by atoms with E-state index in [0.717, 1.165) is 58.9 Å². The molecule has 0 radical (unpaired) electrons. The third-order valence-corrected chi connectivity index (χ3v) is 5.54. The van der Waals surface area contributed by atoms with Crippen molar-refractivity contribution < 1.29 is 0 Å². The Bertz CT molecular complexity index is 1220. The standard InChI is InChI=1S/C24H25N5/c1-5-6-22-27-23-16(2)11-12-26-24(23)28(22)15-19-7-9-20(10-8-19)29-18(4)17(3)13-21(29)14-25/h7-13H,5-6,15H2,1-4H3. The van der Waals surface area contributed by atoms with Crippen molar-refractivity contribution in [1.29, 1.82) is 5.26 Å². The largest absolute Gasteiger partial charge is 0.308 e. The average molecular weight is 383 g/mol. The number of fused-ring (bicyclic) bond motifs is 1. The Morgan fingerprint density at radius 2 is 1.79 bits per heavy atom. The van der Waals surface area contributed by atoms with Gasteiger partial charge in [-0.15, -0.1) is 0 Å². The number of hydrogen-bond acceptors (Lipinski definition) is 3. The van der Waals surface area contributed by atoms with Gasteiger partial charge in [0.25, 0.3) is 0 Å². The number of nitriles is 1. The fraction of sp³-hybridized carbons (Fsp3) is 0.292. The maximum Gasteiger partial charge on any atom is 0.160 e. The molecule has 4 rings (SSSR count). The van der Waals surface area contributed by atoms with E-state index in [4.69, 9.17) is 4.98 Å². The van der Waals surface area contributed by atoms with E-state index in [9.17, 15) is 5.26 Å². The minimum Gasteiger partial charge on any atom is -0.308 e. The zero-order valence-electron chi connectivity index (χ0n) is 17.4. The molecule has 3 heterocycles. The predicted octanol–water partition coefficient (Wildman–Crippen LogP) is 5.02. The number of imidazole rings is 1. The molecule has 0 spiro atoms. The van der Waals surface area contributed by atoms with Gasteiger partial charge in [0.05, 0.1) is 6.54 Å². The van der Waals surface area contributed by atoms with Gasteiger partial charge in [-0.3, -0.25) is 0 Å². The lowest BCUT2D eigenvalue weighted by atomic mass is 10.2. The highest BCUT2D eigenvalue weighted by Gasteiger charge is 2.14. The number of hydrogen-bond donors (Lipinski definition) is 0. The van der Waals surface area contributed by atoms with Crippen molar-refractivity contribution in [2.24, 2.45) is 0 Å². The van der Waals surface area contributed by atoms with E-state index in [-0.39, 0.29) is 0 Å². The van der Waals surface area contributed by atoms with Gasteiger partial charge < -0.3 is 9.13 Å². The fourth-order valence-electron chi connectivity index (χ4n) is 3.84. The second-order valence-electron chi connectivity index (χ2n) is 7.58. The minimum absolute atomic E-state index is 0.665. The van der Waals surface area contributed by atoms with Crippen molar-refractivity contribution in [3.05, 3.63) is 76.5 Å². The lowest BCUT2D eigenvalue weighted by molar-refractivity contribution is 0.716. The van der Waals surface area contributed by atoms with Crippen LogP contribution in [0, 0.1) is 32.1 Å². The lowest BCUT2D eigenvalue weighted by Crippen LogP contribution is -2.06. The molecule has 0 unspecified atom stereocenters. The van der Waals surface area contributed by atoms with Crippen molar-refractivity contribution in [1.82, 2.24) is 19.1 Å². The van der Waals surface area contributed by atoms with Crippen molar-refractivity contribution in [2.45, 2.75) is 47.1 Å². The Morgan fingerprint density at radius 3 is 2.48 bits per heavy atom. The van der Waals surface area contributed by atoms with E-state index >= 15 is 0 Å². The summed E-state index contributed by atoms with van der Waals surface area (Å²) in [6.07, 6.45) is 3.83. The van der Waals surface area contributed by atoms with Crippen molar-refractivity contribution in [3.63, 3.8) is 0 Å². The van der Waals surface area contributed by atoms with Gasteiger partial charge in [0.1, 0.15) is 23.1 Å². The maximum absolute atomic E-state index is 9.46. The number of aryl methyl sites for hydroxylation is 3. The van der Waals surface area contributed by atoms with E-state index in [1.165, 1.54) is 5.56 Å². The molecule has 0 aliphatic heterocycles. The van der Waals surface area contributed by atoms with Gasteiger partial charge in [0.15, 0.2) is 5.65 Å². The van der Waals surface area contributed by atoms with Gasteiger partial charge in [-0.1, -0.05) is 19.1 Å². The molecule has 146 valence electrons. The van der Waals surface area contributed by atoms with Crippen LogP contribution in [-0.4, -0.2) is 19.1 Å². The first kappa shape index (κ1) is 18.9. The van der Waals surface area contributed by atoms with Crippen LogP contribution in [0.15, 0.2) is 42.6 Å². The Hall–Kier alpha value is -3.39. The Balaban J connectivity index is 1.71. The summed E-state index contributed by atoms with van der Waals surface area (Å²) in [5.41, 5.74) is 8.18. The minimum atomic E-state index is 0.665. The fourth-order valence-corrected chi connectivity index (χ4v) is 3.84. The molecule has 0 N–H and O–H groups in total. The van der Waals surface area contributed by atoms with E-state index in [1.807, 2.05) is 36.7 Å². The number of aromatic nitrogens is 4. The van der Waals surface area contributed by atoms with Crippen LogP contribution < -0.4 is 0 Å². The van der Waals surface area contributed by atoms with Crippen LogP contribution in [0.5, 0.6) is 0 Å². The van der Waals surface area contributed by atoms with E-state index < -0.39 is 0 Å². The van der Waals surface area contributed by atoms with Gasteiger partial charge >= 0.3 is 0 Å². The monoisotopic (exact) mass is 383 g/mol. The predicted molar refractivity (Wildman–Crippen MR) is 115 cm³/mol. The van der Waals surface area contributed by atoms with Crippen LogP contribution in [0.3, 0.4) is 0 Å². The molecule has 29 heavy (non-hydrogen) atoms. The molecule has 0 saturated carbocycles. The summed E-state index contributed by atoms with van der Waals surface area (Å²) in [4.78, 5) is 9.46. The molecule has 0 bridgehead atoms. The second-order valence-corrected chi connectivity index (χ2v) is 7.58. The Labute approximate surface area is 171 Å². The van der Waals surface area contributed by atoms with Gasteiger partial charge in [-0.25, -0.2) is 9.97 Å². The van der Waals surface area contributed by atoms with Crippen LogP contribution in [0.2, 0.25) is 0 Å². The molecule has 0 aliphatic carbocycles. The molecule has 0 atom stereocenters. The summed E-state index contributed by atoms with van der Waals surface area (Å²) in [6, 6.07) is 14.7. The summed E-state index contributed by atoms with van der Waals surface area (Å²) in [7, 11) is 0. The van der Waals surface area contributed by atoms with Crippen LogP contribution in [-0.2, 0) is 13.0 Å². The quantitative estimate of drug-likeness (QED) is 0.486. The van der Waals surface area contributed by atoms with Crippen LogP contribution >= 0.6 is 0 Å². The summed E-state index contributed by atoms with van der Waals surface area (Å²) < 4.78 is 4.24. The number of rotatable bonds is 5. The highest BCUT2D eigenvalue weighted by Crippen LogP contribution is 2.23. The van der Waals surface area contributed by atoms with Crippen LogP contribution in [0.25, 0.3) is 16.9 Å². The van der Waals surface area contributed by atoms with Crippen molar-refractivity contribution >= 4 is 11.2 Å². The third-order valence-electron chi connectivity index (χ3n) is 5.54. The molecular weight excluding hydrogens is 358 g/mol. The van der Waals surface area contributed by atoms with Gasteiger partial charge in [0.2, 0.25) is 0 Å². The van der Waals surface area contributed by atoms with Crippen LogP contribution in [0.1, 0.15) is 47.2 Å². The summed E-state index contributed by atoms with van der Waals surface area (Å²) >= 11 is 0. The summed E-state index contributed by atoms with van der Waals surface area (Å²) in [6.45, 7) is 9.08. The first-order valence-corrected chi connectivity index (χ1v) is 10.0. The van der Waals surface area contributed by atoms with Gasteiger partial charge in [-0.05, 0) is 68.1 Å². The van der Waals surface area contributed by atoms with E-state index in [2.05, 4.69) is 53.7 Å². The number of benzene rings is 1. The first-order valence-electron chi connectivity index (χ1n) is 10.0. The van der Waals surface area contributed by atoms with E-state index in [1.54, 1.807) is 0 Å². The SMILES string of the molecule is CCCc1nc2c(C)ccnc2n1Cc1ccc(-n2c(C#N)cc(C)c2C)cc1. The molecule has 0 saturated heterocycles. The molecule has 1 aromatic carbocycles. The molecule has 0 amide bonds. The topological polar surface area (TPSA) is 59.4 Å². The molecular formula is C24H25N5. The highest BCUT2D eigenvalue weighted by atomic mass is 15.1. The maximum atomic E-state index is 9.46. The zero-order chi connectivity index (χ0) is 20.5. The average Bonchev–Trinajstić information content (AvgIpc) is 3.21. The smallest absolute Gasteiger partial charge is 0.160 e. The second kappa shape index (κ2) is 7.56. The molecule has 4 aromatic rings. The Kier molecular flexibility index (Phi) is 4.94. The third kappa shape index (κ3) is 3.31. The molecule has 3 aromatic heterocycles. The first-order chi connectivity index (χ1) is 14.0. The number of pyridine rings is 1. The normalized spacial score (nSPS) is 11.1. The number of nitrogens with zero attached hydrogens (tertiary/aromatic N) is 5. The molecule has 0 fully saturated rings. The summed E-state index contributed by atoms with van der Waals surface area (Å²) in [5, 5.41) is 9.46. The molecule has 5 nitrogen and oxygen atoms in total.